The predicted octanol–water partition coefficient (Wildman–Crippen LogP) is -5.37. The zero-order valence-corrected chi connectivity index (χ0v) is 11.3. The van der Waals surface area contributed by atoms with Crippen LogP contribution in [0.5, 0.6) is 0 Å². The van der Waals surface area contributed by atoms with Gasteiger partial charge in [-0.2, -0.15) is 0 Å². The summed E-state index contributed by atoms with van der Waals surface area (Å²) in [5, 5.41) is 19.6. The van der Waals surface area contributed by atoms with E-state index in [4.69, 9.17) is 11.5 Å². The molecule has 2 amide bonds. The standard InChI is InChI=1S/2C4H8N2O3.2H3N/c2*5-2(4(8)9)1-3(6)7;;/h2*2H,1,5H2,(H2,6,7)(H,8,9);2*1H3/t2*2-;;/m00../s1. The number of quaternary nitrogens is 2. The zero-order valence-electron chi connectivity index (χ0n) is 11.3. The lowest BCUT2D eigenvalue weighted by Gasteiger charge is -2.08. The zero-order chi connectivity index (χ0) is 14.9. The van der Waals surface area contributed by atoms with Crippen LogP contribution in [0.2, 0.25) is 0 Å². The van der Waals surface area contributed by atoms with Crippen molar-refractivity contribution in [3.63, 3.8) is 0 Å². The maximum absolute atomic E-state index is 9.97. The second-order valence-corrected chi connectivity index (χ2v) is 3.19. The molecule has 0 saturated carbocycles. The number of carbonyl (C=O) groups is 4. The first-order chi connectivity index (χ1) is 8.07. The molecule has 0 spiro atoms. The monoisotopic (exact) mass is 298 g/mol. The van der Waals surface area contributed by atoms with Crippen molar-refractivity contribution >= 4 is 23.8 Å². The van der Waals surface area contributed by atoms with Gasteiger partial charge in [0.2, 0.25) is 11.8 Å². The lowest BCUT2D eigenvalue weighted by Crippen LogP contribution is -2.44. The summed E-state index contributed by atoms with van der Waals surface area (Å²) in [6, 6.07) is -2.55. The maximum atomic E-state index is 9.97. The summed E-state index contributed by atoms with van der Waals surface area (Å²) in [4.78, 5) is 39.5. The van der Waals surface area contributed by atoms with Gasteiger partial charge in [0.15, 0.2) is 0 Å². The molecule has 0 unspecified atom stereocenters. The number of nitrogens with two attached hydrogens (primary N) is 4. The summed E-state index contributed by atoms with van der Waals surface area (Å²) < 4.78 is 0. The van der Waals surface area contributed by atoms with Crippen LogP contribution < -0.4 is 45.4 Å². The van der Waals surface area contributed by atoms with E-state index in [-0.39, 0.29) is 25.1 Å². The Morgan fingerprint density at radius 2 is 0.950 bits per heavy atom. The van der Waals surface area contributed by atoms with Gasteiger partial charge in [-0.15, -0.1) is 0 Å². The molecule has 0 aliphatic rings. The van der Waals surface area contributed by atoms with Gasteiger partial charge in [0.05, 0.1) is 24.0 Å². The van der Waals surface area contributed by atoms with Crippen molar-refractivity contribution in [2.75, 3.05) is 0 Å². The second-order valence-electron chi connectivity index (χ2n) is 3.19. The normalized spacial score (nSPS) is 11.3. The topological polar surface area (TPSA) is 291 Å². The summed E-state index contributed by atoms with van der Waals surface area (Å²) in [5.74, 6) is -4.42. The van der Waals surface area contributed by atoms with E-state index < -0.39 is 35.8 Å². The summed E-state index contributed by atoms with van der Waals surface area (Å²) in [5.41, 5.74) is 19.0. The Hall–Kier alpha value is -2.28. The van der Waals surface area contributed by atoms with E-state index in [0.29, 0.717) is 0 Å². The molecule has 12 heteroatoms. The molecule has 0 radical (unpaired) electrons. The number of carboxylic acid groups (broad SMARTS) is 2. The van der Waals surface area contributed by atoms with Gasteiger partial charge in [0.25, 0.3) is 0 Å². The first kappa shape index (κ1) is 26.3. The fraction of sp³-hybridized carbons (Fsp3) is 0.500. The largest absolute Gasteiger partial charge is 0.548 e. The van der Waals surface area contributed by atoms with E-state index >= 15 is 0 Å². The highest BCUT2D eigenvalue weighted by Gasteiger charge is 2.06. The van der Waals surface area contributed by atoms with Gasteiger partial charge in [-0.25, -0.2) is 0 Å². The van der Waals surface area contributed by atoms with Crippen molar-refractivity contribution < 1.29 is 29.4 Å². The molecule has 2 atom stereocenters. The Kier molecular flexibility index (Phi) is 17.3. The number of carbonyl (C=O) groups excluding carboxylic acids is 4. The number of hydrogen-bond donors (Lipinski definition) is 6. The molecule has 0 aliphatic heterocycles. The number of aliphatic carboxylic acids is 2. The summed E-state index contributed by atoms with van der Waals surface area (Å²) in [6.07, 6.45) is -0.745. The summed E-state index contributed by atoms with van der Waals surface area (Å²) in [6.45, 7) is 0. The second kappa shape index (κ2) is 13.2. The van der Waals surface area contributed by atoms with E-state index in [1.165, 1.54) is 0 Å². The molecule has 0 saturated heterocycles. The Morgan fingerprint density at radius 1 is 0.750 bits per heavy atom. The van der Waals surface area contributed by atoms with Crippen molar-refractivity contribution in [2.45, 2.75) is 24.9 Å². The molecule has 0 aromatic carbocycles. The highest BCUT2D eigenvalue weighted by molar-refractivity contribution is 5.82. The van der Waals surface area contributed by atoms with E-state index in [0.717, 1.165) is 0 Å². The Bertz CT molecular complexity index is 303. The van der Waals surface area contributed by atoms with Gasteiger partial charge in [0.1, 0.15) is 0 Å². The fourth-order valence-electron chi connectivity index (χ4n) is 0.600. The van der Waals surface area contributed by atoms with Crippen LogP contribution in [0, 0.1) is 0 Å². The molecule has 120 valence electrons. The van der Waals surface area contributed by atoms with Crippen LogP contribution >= 0.6 is 0 Å². The number of amides is 2. The first-order valence-corrected chi connectivity index (χ1v) is 4.57. The summed E-state index contributed by atoms with van der Waals surface area (Å²) >= 11 is 0. The molecule has 16 N–H and O–H groups in total. The molecule has 0 heterocycles. The average molecular weight is 298 g/mol. The fourth-order valence-corrected chi connectivity index (χ4v) is 0.600. The lowest BCUT2D eigenvalue weighted by atomic mass is 10.2. The highest BCUT2D eigenvalue weighted by Crippen LogP contribution is 1.82. The number of primary amides is 2. The number of hydrogen-bond acceptors (Lipinski definition) is 8. The van der Waals surface area contributed by atoms with E-state index in [1.54, 1.807) is 0 Å². The van der Waals surface area contributed by atoms with Gasteiger partial charge in [-0.05, 0) is 0 Å². The molecule has 0 aliphatic carbocycles. The molecule has 0 aromatic heterocycles. The lowest BCUT2D eigenvalue weighted by molar-refractivity contribution is -0.308. The quantitative estimate of drug-likeness (QED) is 0.274. The molecule has 0 bridgehead atoms. The van der Waals surface area contributed by atoms with Crippen molar-refractivity contribution in [1.82, 2.24) is 12.3 Å². The van der Waals surface area contributed by atoms with Crippen molar-refractivity contribution in [3.8, 4) is 0 Å². The van der Waals surface area contributed by atoms with Gasteiger partial charge < -0.3 is 55.0 Å². The third-order valence-corrected chi connectivity index (χ3v) is 1.45. The minimum atomic E-state index is -1.46. The molecule has 0 aromatic rings. The van der Waals surface area contributed by atoms with Crippen LogP contribution in [0.4, 0.5) is 0 Å². The van der Waals surface area contributed by atoms with E-state index in [9.17, 15) is 29.4 Å². The Labute approximate surface area is 114 Å². The van der Waals surface area contributed by atoms with Gasteiger partial charge >= 0.3 is 0 Å². The first-order valence-electron chi connectivity index (χ1n) is 4.57. The average Bonchev–Trinajstić information content (AvgIpc) is 2.16. The summed E-state index contributed by atoms with van der Waals surface area (Å²) in [7, 11) is 0. The molecule has 12 nitrogen and oxygen atoms in total. The van der Waals surface area contributed by atoms with Crippen LogP contribution in [-0.2, 0) is 19.2 Å². The van der Waals surface area contributed by atoms with E-state index in [1.807, 2.05) is 0 Å². The number of rotatable bonds is 6. The van der Waals surface area contributed by atoms with Gasteiger partial charge in [0, 0.05) is 12.8 Å². The third-order valence-electron chi connectivity index (χ3n) is 1.45. The molecule has 20 heavy (non-hydrogen) atoms. The Morgan fingerprint density at radius 3 is 1.00 bits per heavy atom. The maximum Gasteiger partial charge on any atom is 0.219 e. The van der Waals surface area contributed by atoms with Gasteiger partial charge in [-0.3, -0.25) is 9.59 Å². The minimum absolute atomic E-state index is 0. The highest BCUT2D eigenvalue weighted by atomic mass is 16.4. The van der Waals surface area contributed by atoms with Crippen LogP contribution in [0.25, 0.3) is 0 Å². The molecule has 0 rings (SSSR count). The molecule has 0 fully saturated rings. The van der Waals surface area contributed by atoms with Crippen molar-refractivity contribution in [2.24, 2.45) is 22.9 Å². The van der Waals surface area contributed by atoms with Crippen LogP contribution in [-0.4, -0.2) is 35.8 Å². The number of carboxylic acids is 2. The van der Waals surface area contributed by atoms with Crippen LogP contribution in [0.1, 0.15) is 12.8 Å². The van der Waals surface area contributed by atoms with E-state index in [2.05, 4.69) is 11.5 Å². The SMILES string of the molecule is NC(=O)C[C@H](N)C(=O)[O-].NC(=O)C[C@H](N)C(=O)[O-].[NH4+].[NH4+]. The minimum Gasteiger partial charge on any atom is -0.548 e. The van der Waals surface area contributed by atoms with Gasteiger partial charge in [-0.1, -0.05) is 0 Å². The third kappa shape index (κ3) is 18.1. The molecular weight excluding hydrogens is 276 g/mol. The van der Waals surface area contributed by atoms with Crippen molar-refractivity contribution in [1.29, 1.82) is 0 Å². The van der Waals surface area contributed by atoms with Crippen LogP contribution in [0.3, 0.4) is 0 Å². The smallest absolute Gasteiger partial charge is 0.219 e. The van der Waals surface area contributed by atoms with Crippen molar-refractivity contribution in [3.05, 3.63) is 0 Å². The molecular formula is C8H22N6O6. The predicted molar refractivity (Wildman–Crippen MR) is 65.6 cm³/mol. The van der Waals surface area contributed by atoms with Crippen LogP contribution in [0.15, 0.2) is 0 Å². The Balaban J connectivity index is -0.000000116.